The number of nitrogens with one attached hydrogen (secondary N) is 1. The molecule has 2 N–H and O–H groups in total. The summed E-state index contributed by atoms with van der Waals surface area (Å²) >= 11 is 0. The van der Waals surface area contributed by atoms with Crippen molar-refractivity contribution in [1.29, 1.82) is 0 Å². The predicted octanol–water partition coefficient (Wildman–Crippen LogP) is 1.06. The van der Waals surface area contributed by atoms with E-state index >= 15 is 0 Å². The zero-order valence-electron chi connectivity index (χ0n) is 8.51. The van der Waals surface area contributed by atoms with Crippen LogP contribution in [0, 0.1) is 0 Å². The molecule has 0 aromatic heterocycles. The van der Waals surface area contributed by atoms with E-state index in [2.05, 4.69) is 15.3 Å². The lowest BCUT2D eigenvalue weighted by atomic mass is 10.2. The van der Waals surface area contributed by atoms with E-state index in [4.69, 9.17) is 10.6 Å². The second kappa shape index (κ2) is 7.64. The molecule has 1 amide bonds. The van der Waals surface area contributed by atoms with E-state index in [0.29, 0.717) is 12.8 Å². The van der Waals surface area contributed by atoms with Gasteiger partial charge in [-0.15, -0.1) is 0 Å². The van der Waals surface area contributed by atoms with Crippen LogP contribution in [0.15, 0.2) is 5.11 Å². The molecule has 0 saturated heterocycles. The summed E-state index contributed by atoms with van der Waals surface area (Å²) in [4.78, 5) is 24.3. The molecule has 84 valence electrons. The van der Waals surface area contributed by atoms with Crippen LogP contribution in [-0.2, 0) is 9.59 Å². The number of hydrogen-bond donors (Lipinski definition) is 2. The number of hydrogen-bond acceptors (Lipinski definition) is 3. The van der Waals surface area contributed by atoms with Gasteiger partial charge in [0.25, 0.3) is 0 Å². The van der Waals surface area contributed by atoms with Crippen molar-refractivity contribution < 1.29 is 14.7 Å². The van der Waals surface area contributed by atoms with Crippen molar-refractivity contribution in [3.8, 4) is 0 Å². The summed E-state index contributed by atoms with van der Waals surface area (Å²) in [6.07, 6.45) is 1.06. The van der Waals surface area contributed by atoms with Crippen molar-refractivity contribution in [2.75, 3.05) is 6.54 Å². The van der Waals surface area contributed by atoms with E-state index in [-0.39, 0.29) is 18.9 Å². The van der Waals surface area contributed by atoms with Crippen LogP contribution in [0.25, 0.3) is 10.4 Å². The van der Waals surface area contributed by atoms with Gasteiger partial charge in [-0.1, -0.05) is 12.0 Å². The fourth-order valence-electron chi connectivity index (χ4n) is 0.982. The Morgan fingerprint density at radius 2 is 2.27 bits per heavy atom. The molecular weight excluding hydrogens is 200 g/mol. The number of rotatable bonds is 7. The molecule has 0 saturated carbocycles. The lowest BCUT2D eigenvalue weighted by Gasteiger charge is -2.12. The smallest absolute Gasteiger partial charge is 0.326 e. The highest BCUT2D eigenvalue weighted by Gasteiger charge is 2.18. The maximum absolute atomic E-state index is 11.1. The summed E-state index contributed by atoms with van der Waals surface area (Å²) in [5, 5.41) is 14.3. The summed E-state index contributed by atoms with van der Waals surface area (Å²) in [7, 11) is 0. The molecule has 0 bridgehead atoms. The molecule has 15 heavy (non-hydrogen) atoms. The van der Waals surface area contributed by atoms with E-state index in [9.17, 15) is 9.59 Å². The normalized spacial score (nSPS) is 11.3. The third kappa shape index (κ3) is 6.34. The quantitative estimate of drug-likeness (QED) is 0.375. The van der Waals surface area contributed by atoms with Gasteiger partial charge in [-0.3, -0.25) is 4.79 Å². The first kappa shape index (κ1) is 13.2. The first-order chi connectivity index (χ1) is 7.11. The number of carbonyl (C=O) groups excluding carboxylic acids is 1. The second-order valence-corrected chi connectivity index (χ2v) is 2.95. The van der Waals surface area contributed by atoms with E-state index in [1.54, 1.807) is 0 Å². The van der Waals surface area contributed by atoms with E-state index in [1.165, 1.54) is 0 Å². The highest BCUT2D eigenvalue weighted by atomic mass is 16.4. The Bertz CT molecular complexity index is 273. The third-order valence-electron chi connectivity index (χ3n) is 1.69. The fraction of sp³-hybridized carbons (Fsp3) is 0.750. The zero-order chi connectivity index (χ0) is 11.7. The highest BCUT2D eigenvalue weighted by Crippen LogP contribution is 1.96. The van der Waals surface area contributed by atoms with Crippen molar-refractivity contribution in [2.24, 2.45) is 5.11 Å². The molecule has 0 rings (SSSR count). The Labute approximate surface area is 87.1 Å². The van der Waals surface area contributed by atoms with Crippen LogP contribution in [0.2, 0.25) is 0 Å². The molecule has 0 aromatic carbocycles. The average Bonchev–Trinajstić information content (AvgIpc) is 2.16. The monoisotopic (exact) mass is 214 g/mol. The molecule has 0 radical (unpaired) electrons. The zero-order valence-corrected chi connectivity index (χ0v) is 8.51. The van der Waals surface area contributed by atoms with Gasteiger partial charge in [0.05, 0.1) is 0 Å². The Hall–Kier alpha value is -1.75. The van der Waals surface area contributed by atoms with Crippen molar-refractivity contribution in [2.45, 2.75) is 32.2 Å². The molecule has 0 spiro atoms. The van der Waals surface area contributed by atoms with Gasteiger partial charge in [0.15, 0.2) is 0 Å². The van der Waals surface area contributed by atoms with Crippen molar-refractivity contribution in [1.82, 2.24) is 5.32 Å². The van der Waals surface area contributed by atoms with Crippen LogP contribution in [0.3, 0.4) is 0 Å². The molecule has 0 aromatic rings. The Morgan fingerprint density at radius 1 is 1.60 bits per heavy atom. The molecular formula is C8H14N4O3. The number of aliphatic carboxylic acids is 1. The van der Waals surface area contributed by atoms with Crippen molar-refractivity contribution in [3.63, 3.8) is 0 Å². The maximum Gasteiger partial charge on any atom is 0.326 e. The van der Waals surface area contributed by atoms with E-state index in [0.717, 1.165) is 0 Å². The van der Waals surface area contributed by atoms with Crippen LogP contribution >= 0.6 is 0 Å². The molecule has 7 nitrogen and oxygen atoms in total. The molecule has 0 fully saturated rings. The molecule has 0 unspecified atom stereocenters. The molecule has 1 atom stereocenters. The Morgan fingerprint density at radius 3 is 2.73 bits per heavy atom. The summed E-state index contributed by atoms with van der Waals surface area (Å²) in [5.74, 6) is -1.42. The SMILES string of the molecule is CCCC(=O)N[C@@H](CCN=[N+]=[N-])C(=O)O. The van der Waals surface area contributed by atoms with Gasteiger partial charge in [-0.25, -0.2) is 4.79 Å². The Balaban J connectivity index is 4.09. The van der Waals surface area contributed by atoms with Crippen LogP contribution in [0.4, 0.5) is 0 Å². The lowest BCUT2D eigenvalue weighted by molar-refractivity contribution is -0.141. The minimum Gasteiger partial charge on any atom is -0.480 e. The fourth-order valence-corrected chi connectivity index (χ4v) is 0.982. The second-order valence-electron chi connectivity index (χ2n) is 2.95. The van der Waals surface area contributed by atoms with Gasteiger partial charge in [-0.2, -0.15) is 0 Å². The molecule has 0 aliphatic carbocycles. The van der Waals surface area contributed by atoms with Gasteiger partial charge >= 0.3 is 5.97 Å². The highest BCUT2D eigenvalue weighted by molar-refractivity contribution is 5.83. The number of azide groups is 1. The number of amides is 1. The van der Waals surface area contributed by atoms with Gasteiger partial charge in [-0.05, 0) is 18.4 Å². The topological polar surface area (TPSA) is 115 Å². The Kier molecular flexibility index (Phi) is 6.74. The van der Waals surface area contributed by atoms with Crippen LogP contribution < -0.4 is 5.32 Å². The average molecular weight is 214 g/mol. The first-order valence-corrected chi connectivity index (χ1v) is 4.64. The third-order valence-corrected chi connectivity index (χ3v) is 1.69. The minimum absolute atomic E-state index is 0.0554. The summed E-state index contributed by atoms with van der Waals surface area (Å²) < 4.78 is 0. The van der Waals surface area contributed by atoms with E-state index in [1.807, 2.05) is 6.92 Å². The predicted molar refractivity (Wildman–Crippen MR) is 53.1 cm³/mol. The van der Waals surface area contributed by atoms with Crippen molar-refractivity contribution >= 4 is 11.9 Å². The molecule has 0 aliphatic heterocycles. The molecule has 0 aliphatic rings. The van der Waals surface area contributed by atoms with Gasteiger partial charge in [0.1, 0.15) is 6.04 Å². The van der Waals surface area contributed by atoms with Crippen LogP contribution in [0.1, 0.15) is 26.2 Å². The summed E-state index contributed by atoms with van der Waals surface area (Å²) in [6, 6.07) is -0.977. The van der Waals surface area contributed by atoms with Gasteiger partial charge in [0.2, 0.25) is 5.91 Å². The maximum atomic E-state index is 11.1. The van der Waals surface area contributed by atoms with Crippen LogP contribution in [-0.4, -0.2) is 29.6 Å². The summed E-state index contributed by atoms with van der Waals surface area (Å²) in [5.41, 5.74) is 8.01. The molecule has 7 heteroatoms. The van der Waals surface area contributed by atoms with E-state index < -0.39 is 12.0 Å². The van der Waals surface area contributed by atoms with Gasteiger partial charge in [0, 0.05) is 17.9 Å². The van der Waals surface area contributed by atoms with Crippen molar-refractivity contribution in [3.05, 3.63) is 10.4 Å². The summed E-state index contributed by atoms with van der Waals surface area (Å²) in [6.45, 7) is 1.88. The first-order valence-electron chi connectivity index (χ1n) is 4.64. The lowest BCUT2D eigenvalue weighted by Crippen LogP contribution is -2.41. The standard InChI is InChI=1S/C8H14N4O3/c1-2-3-7(13)11-6(8(14)15)4-5-10-12-9/h6H,2-5H2,1H3,(H,11,13)(H,14,15)/t6-/m0/s1. The number of nitrogens with zero attached hydrogens (tertiary/aromatic N) is 3. The number of carboxylic acid groups (broad SMARTS) is 1. The molecule has 0 heterocycles. The van der Waals surface area contributed by atoms with Crippen LogP contribution in [0.5, 0.6) is 0 Å². The number of carboxylic acids is 1. The minimum atomic E-state index is -1.12. The van der Waals surface area contributed by atoms with Gasteiger partial charge < -0.3 is 10.4 Å². The largest absolute Gasteiger partial charge is 0.480 e. The number of carbonyl (C=O) groups is 2.